The Morgan fingerprint density at radius 2 is 2.12 bits per heavy atom. The van der Waals surface area contributed by atoms with Crippen LogP contribution in [0.3, 0.4) is 0 Å². The van der Waals surface area contributed by atoms with Crippen LogP contribution in [0.25, 0.3) is 0 Å². The minimum Gasteiger partial charge on any atom is -0.374 e. The van der Waals surface area contributed by atoms with Crippen molar-refractivity contribution in [2.45, 2.75) is 26.8 Å². The van der Waals surface area contributed by atoms with Crippen molar-refractivity contribution in [3.63, 3.8) is 0 Å². The quantitative estimate of drug-likeness (QED) is 0.893. The maximum atomic E-state index is 11.5. The van der Waals surface area contributed by atoms with E-state index in [0.717, 1.165) is 15.7 Å². The van der Waals surface area contributed by atoms with Crippen LogP contribution in [0.4, 0.5) is 5.69 Å². The Hall–Kier alpha value is -1.03. The molecule has 2 N–H and O–H groups in total. The zero-order valence-electron chi connectivity index (χ0n) is 9.80. The Balaban J connectivity index is 2.69. The summed E-state index contributed by atoms with van der Waals surface area (Å²) < 4.78 is 1.01. The van der Waals surface area contributed by atoms with Crippen molar-refractivity contribution in [3.05, 3.63) is 28.2 Å². The second-order valence-corrected chi connectivity index (χ2v) is 4.69. The van der Waals surface area contributed by atoms with Crippen LogP contribution in [0.2, 0.25) is 0 Å². The third-order valence-electron chi connectivity index (χ3n) is 2.17. The molecule has 0 bridgehead atoms. The number of halogens is 1. The third-order valence-corrected chi connectivity index (χ3v) is 2.63. The Kier molecular flexibility index (Phi) is 4.80. The number of likely N-dealkylation sites (N-methyl/N-ethyl adjacent to an activating group) is 1. The van der Waals surface area contributed by atoms with Gasteiger partial charge in [-0.25, -0.2) is 0 Å². The molecule has 0 heterocycles. The van der Waals surface area contributed by atoms with E-state index in [9.17, 15) is 4.79 Å². The summed E-state index contributed by atoms with van der Waals surface area (Å²) >= 11 is 3.43. The smallest absolute Gasteiger partial charge is 0.242 e. The van der Waals surface area contributed by atoms with Gasteiger partial charge in [0.1, 0.15) is 6.04 Å². The topological polar surface area (TPSA) is 41.1 Å². The van der Waals surface area contributed by atoms with Crippen LogP contribution in [0, 0.1) is 6.92 Å². The first-order chi connectivity index (χ1) is 7.52. The van der Waals surface area contributed by atoms with Gasteiger partial charge in [-0.3, -0.25) is 4.79 Å². The van der Waals surface area contributed by atoms with Gasteiger partial charge in [-0.1, -0.05) is 15.9 Å². The summed E-state index contributed by atoms with van der Waals surface area (Å²) in [6, 6.07) is 5.78. The Morgan fingerprint density at radius 1 is 1.44 bits per heavy atom. The Bertz CT molecular complexity index is 359. The molecule has 0 radical (unpaired) electrons. The van der Waals surface area contributed by atoms with Gasteiger partial charge >= 0.3 is 0 Å². The van der Waals surface area contributed by atoms with Crippen molar-refractivity contribution < 1.29 is 4.79 Å². The highest BCUT2D eigenvalue weighted by Gasteiger charge is 2.11. The zero-order chi connectivity index (χ0) is 12.1. The molecule has 1 aromatic carbocycles. The molecule has 1 rings (SSSR count). The monoisotopic (exact) mass is 284 g/mol. The highest BCUT2D eigenvalue weighted by atomic mass is 79.9. The minimum atomic E-state index is -0.228. The first-order valence-electron chi connectivity index (χ1n) is 5.34. The Morgan fingerprint density at radius 3 is 2.69 bits per heavy atom. The van der Waals surface area contributed by atoms with Crippen LogP contribution in [-0.2, 0) is 4.79 Å². The predicted octanol–water partition coefficient (Wildman–Crippen LogP) is 2.69. The maximum Gasteiger partial charge on any atom is 0.242 e. The zero-order valence-corrected chi connectivity index (χ0v) is 11.4. The number of amides is 1. The molecule has 1 unspecified atom stereocenters. The number of aryl methyl sites for hydroxylation is 1. The Labute approximate surface area is 105 Å². The molecular weight excluding hydrogens is 268 g/mol. The highest BCUT2D eigenvalue weighted by molar-refractivity contribution is 9.10. The van der Waals surface area contributed by atoms with Gasteiger partial charge in [-0.05, 0) is 44.5 Å². The van der Waals surface area contributed by atoms with Crippen LogP contribution in [0.1, 0.15) is 19.4 Å². The van der Waals surface area contributed by atoms with Crippen molar-refractivity contribution in [1.82, 2.24) is 5.32 Å². The van der Waals surface area contributed by atoms with E-state index in [1.807, 2.05) is 39.0 Å². The summed E-state index contributed by atoms with van der Waals surface area (Å²) in [7, 11) is 0. The first kappa shape index (κ1) is 13.0. The summed E-state index contributed by atoms with van der Waals surface area (Å²) in [6.45, 7) is 6.43. The van der Waals surface area contributed by atoms with Crippen molar-refractivity contribution in [2.24, 2.45) is 0 Å². The van der Waals surface area contributed by atoms with Crippen molar-refractivity contribution >= 4 is 27.5 Å². The van der Waals surface area contributed by atoms with E-state index in [0.29, 0.717) is 6.54 Å². The average molecular weight is 285 g/mol. The van der Waals surface area contributed by atoms with Crippen LogP contribution in [0.5, 0.6) is 0 Å². The van der Waals surface area contributed by atoms with Gasteiger partial charge in [-0.2, -0.15) is 0 Å². The van der Waals surface area contributed by atoms with Crippen molar-refractivity contribution in [2.75, 3.05) is 11.9 Å². The van der Waals surface area contributed by atoms with Gasteiger partial charge in [0.15, 0.2) is 0 Å². The van der Waals surface area contributed by atoms with E-state index in [4.69, 9.17) is 0 Å². The maximum absolute atomic E-state index is 11.5. The predicted molar refractivity (Wildman–Crippen MR) is 70.6 cm³/mol. The third kappa shape index (κ3) is 3.85. The molecule has 1 atom stereocenters. The van der Waals surface area contributed by atoms with E-state index in [-0.39, 0.29) is 11.9 Å². The molecule has 1 amide bonds. The molecule has 0 aromatic heterocycles. The molecule has 3 nitrogen and oxygen atoms in total. The van der Waals surface area contributed by atoms with Crippen LogP contribution < -0.4 is 10.6 Å². The SMILES string of the molecule is CCNC(=O)C(C)Nc1cc(C)cc(Br)c1. The molecule has 0 aliphatic rings. The van der Waals surface area contributed by atoms with E-state index >= 15 is 0 Å². The van der Waals surface area contributed by atoms with Gasteiger partial charge < -0.3 is 10.6 Å². The molecule has 1 aromatic rings. The molecule has 0 saturated heterocycles. The van der Waals surface area contributed by atoms with Crippen LogP contribution in [-0.4, -0.2) is 18.5 Å². The number of benzene rings is 1. The lowest BCUT2D eigenvalue weighted by Crippen LogP contribution is -2.37. The number of rotatable bonds is 4. The van der Waals surface area contributed by atoms with Crippen molar-refractivity contribution in [1.29, 1.82) is 0 Å². The number of hydrogen-bond acceptors (Lipinski definition) is 2. The lowest BCUT2D eigenvalue weighted by molar-refractivity contribution is -0.121. The molecular formula is C12H17BrN2O. The lowest BCUT2D eigenvalue weighted by Gasteiger charge is -2.15. The number of carbonyl (C=O) groups excluding carboxylic acids is 1. The van der Waals surface area contributed by atoms with Gasteiger partial charge in [-0.15, -0.1) is 0 Å². The number of anilines is 1. The van der Waals surface area contributed by atoms with Crippen LogP contribution >= 0.6 is 15.9 Å². The average Bonchev–Trinajstić information content (AvgIpc) is 2.16. The molecule has 0 spiro atoms. The largest absolute Gasteiger partial charge is 0.374 e. The number of hydrogen-bond donors (Lipinski definition) is 2. The second-order valence-electron chi connectivity index (χ2n) is 3.78. The first-order valence-corrected chi connectivity index (χ1v) is 6.13. The summed E-state index contributed by atoms with van der Waals surface area (Å²) in [4.78, 5) is 11.5. The van der Waals surface area contributed by atoms with Gasteiger partial charge in [0.05, 0.1) is 0 Å². The van der Waals surface area contributed by atoms with E-state index in [2.05, 4.69) is 26.6 Å². The minimum absolute atomic E-state index is 0.0140. The molecule has 4 heteroatoms. The van der Waals surface area contributed by atoms with E-state index < -0.39 is 0 Å². The molecule has 16 heavy (non-hydrogen) atoms. The van der Waals surface area contributed by atoms with E-state index in [1.54, 1.807) is 0 Å². The van der Waals surface area contributed by atoms with Gasteiger partial charge in [0.25, 0.3) is 0 Å². The second kappa shape index (κ2) is 5.89. The molecule has 0 saturated carbocycles. The van der Waals surface area contributed by atoms with E-state index in [1.165, 1.54) is 0 Å². The summed E-state index contributed by atoms with van der Waals surface area (Å²) in [5.41, 5.74) is 2.10. The summed E-state index contributed by atoms with van der Waals surface area (Å²) in [6.07, 6.45) is 0. The fourth-order valence-electron chi connectivity index (χ4n) is 1.46. The van der Waals surface area contributed by atoms with Gasteiger partial charge in [0.2, 0.25) is 5.91 Å². The van der Waals surface area contributed by atoms with Crippen LogP contribution in [0.15, 0.2) is 22.7 Å². The van der Waals surface area contributed by atoms with Gasteiger partial charge in [0, 0.05) is 16.7 Å². The summed E-state index contributed by atoms with van der Waals surface area (Å²) in [5.74, 6) is 0.0140. The normalized spacial score (nSPS) is 12.0. The summed E-state index contributed by atoms with van der Waals surface area (Å²) in [5, 5.41) is 5.95. The molecule has 0 aliphatic heterocycles. The fraction of sp³-hybridized carbons (Fsp3) is 0.417. The molecule has 0 fully saturated rings. The standard InChI is InChI=1S/C12H17BrN2O/c1-4-14-12(16)9(3)15-11-6-8(2)5-10(13)7-11/h5-7,9,15H,4H2,1-3H3,(H,14,16). The number of carbonyl (C=O) groups is 1. The highest BCUT2D eigenvalue weighted by Crippen LogP contribution is 2.19. The molecule has 0 aliphatic carbocycles. The number of nitrogens with one attached hydrogen (secondary N) is 2. The van der Waals surface area contributed by atoms with Crippen molar-refractivity contribution in [3.8, 4) is 0 Å². The lowest BCUT2D eigenvalue weighted by atomic mass is 10.2. The fourth-order valence-corrected chi connectivity index (χ4v) is 2.07. The molecule has 88 valence electrons.